The van der Waals surface area contributed by atoms with Crippen LogP contribution in [0.4, 0.5) is 5.69 Å². The van der Waals surface area contributed by atoms with Crippen LogP contribution in [0.2, 0.25) is 0 Å². The lowest BCUT2D eigenvalue weighted by molar-refractivity contribution is 0.233. The summed E-state index contributed by atoms with van der Waals surface area (Å²) in [5, 5.41) is 3.36. The van der Waals surface area contributed by atoms with E-state index in [-0.39, 0.29) is 0 Å². The fourth-order valence-electron chi connectivity index (χ4n) is 2.07. The van der Waals surface area contributed by atoms with Gasteiger partial charge in [-0.25, -0.2) is 0 Å². The molecule has 106 valence electrons. The average Bonchev–Trinajstić information content (AvgIpc) is 2.51. The first-order valence-corrected chi connectivity index (χ1v) is 6.97. The summed E-state index contributed by atoms with van der Waals surface area (Å²) in [5.74, 6) is 0. The Hall–Kier alpha value is -1.91. The molecule has 1 aromatic carbocycles. The average molecular weight is 270 g/mol. The van der Waals surface area contributed by atoms with Gasteiger partial charge in [-0.2, -0.15) is 0 Å². The molecule has 1 aliphatic heterocycles. The highest BCUT2D eigenvalue weighted by Crippen LogP contribution is 2.04. The summed E-state index contributed by atoms with van der Waals surface area (Å²) in [5.41, 5.74) is 7.50. The van der Waals surface area contributed by atoms with Crippen LogP contribution in [0.25, 0.3) is 0 Å². The number of nitrogens with zero attached hydrogens (tertiary/aromatic N) is 2. The Morgan fingerprint density at radius 2 is 1.65 bits per heavy atom. The molecule has 2 heterocycles. The minimum atomic E-state index is 0.759. The van der Waals surface area contributed by atoms with Gasteiger partial charge in [-0.05, 0) is 17.7 Å². The van der Waals surface area contributed by atoms with Crippen molar-refractivity contribution in [3.05, 3.63) is 60.4 Å². The number of hydrogen-bond acceptors (Lipinski definition) is 4. The third-order valence-electron chi connectivity index (χ3n) is 3.16. The van der Waals surface area contributed by atoms with Crippen molar-refractivity contribution in [3.63, 3.8) is 0 Å². The standard InChI is InChI=1S/C11H16N2.C5H6N2/c1-2-4-11(5-3-1)10-13-8-6-12-7-9-13;6-5-1-3-7-4-2-5/h1-5,12H,6-10H2;1-4H,(H2,6,7). The molecular weight excluding hydrogens is 248 g/mol. The van der Waals surface area contributed by atoms with Crippen LogP contribution < -0.4 is 11.1 Å². The van der Waals surface area contributed by atoms with Gasteiger partial charge in [-0.1, -0.05) is 30.3 Å². The Bertz CT molecular complexity index is 466. The molecule has 1 saturated heterocycles. The number of nitrogens with one attached hydrogen (secondary N) is 1. The van der Waals surface area contributed by atoms with Crippen LogP contribution in [0.5, 0.6) is 0 Å². The molecule has 0 aliphatic carbocycles. The zero-order chi connectivity index (χ0) is 14.0. The molecule has 0 spiro atoms. The Kier molecular flexibility index (Phi) is 6.02. The van der Waals surface area contributed by atoms with Gasteiger partial charge in [-0.3, -0.25) is 9.88 Å². The smallest absolute Gasteiger partial charge is 0.0344 e. The number of aromatic nitrogens is 1. The molecule has 1 aliphatic rings. The summed E-state index contributed by atoms with van der Waals surface area (Å²) in [7, 11) is 0. The van der Waals surface area contributed by atoms with Crippen LogP contribution in [0.15, 0.2) is 54.9 Å². The highest BCUT2D eigenvalue weighted by molar-refractivity contribution is 5.33. The zero-order valence-electron chi connectivity index (χ0n) is 11.7. The van der Waals surface area contributed by atoms with Gasteiger partial charge in [0.2, 0.25) is 0 Å². The second-order valence-corrected chi connectivity index (χ2v) is 4.79. The van der Waals surface area contributed by atoms with E-state index in [9.17, 15) is 0 Å². The van der Waals surface area contributed by atoms with E-state index < -0.39 is 0 Å². The lowest BCUT2D eigenvalue weighted by atomic mass is 10.2. The molecule has 1 fully saturated rings. The molecule has 0 radical (unpaired) electrons. The highest BCUT2D eigenvalue weighted by atomic mass is 15.2. The van der Waals surface area contributed by atoms with Crippen LogP contribution >= 0.6 is 0 Å². The summed E-state index contributed by atoms with van der Waals surface area (Å²) in [6.45, 7) is 5.71. The third-order valence-corrected chi connectivity index (χ3v) is 3.16. The lowest BCUT2D eigenvalue weighted by Crippen LogP contribution is -2.42. The maximum atomic E-state index is 5.32. The Morgan fingerprint density at radius 3 is 2.20 bits per heavy atom. The van der Waals surface area contributed by atoms with E-state index in [1.54, 1.807) is 24.5 Å². The van der Waals surface area contributed by atoms with Gasteiger partial charge in [0, 0.05) is 50.8 Å². The van der Waals surface area contributed by atoms with Crippen molar-refractivity contribution in [2.24, 2.45) is 0 Å². The molecule has 20 heavy (non-hydrogen) atoms. The molecule has 2 aromatic rings. The minimum Gasteiger partial charge on any atom is -0.399 e. The zero-order valence-corrected chi connectivity index (χ0v) is 11.7. The topological polar surface area (TPSA) is 54.2 Å². The van der Waals surface area contributed by atoms with E-state index in [0.717, 1.165) is 25.3 Å². The van der Waals surface area contributed by atoms with Gasteiger partial charge in [0.25, 0.3) is 0 Å². The highest BCUT2D eigenvalue weighted by Gasteiger charge is 2.08. The summed E-state index contributed by atoms with van der Waals surface area (Å²) < 4.78 is 0. The molecule has 4 heteroatoms. The fraction of sp³-hybridized carbons (Fsp3) is 0.312. The molecule has 3 rings (SSSR count). The monoisotopic (exact) mass is 270 g/mol. The SMILES string of the molecule is Nc1ccncc1.c1ccc(CN2CCNCC2)cc1. The van der Waals surface area contributed by atoms with Crippen molar-refractivity contribution in [2.75, 3.05) is 31.9 Å². The number of pyridine rings is 1. The molecule has 0 amide bonds. The van der Waals surface area contributed by atoms with Crippen molar-refractivity contribution in [1.82, 2.24) is 15.2 Å². The summed E-state index contributed by atoms with van der Waals surface area (Å²) >= 11 is 0. The van der Waals surface area contributed by atoms with E-state index in [2.05, 4.69) is 45.5 Å². The van der Waals surface area contributed by atoms with Gasteiger partial charge in [0.1, 0.15) is 0 Å². The van der Waals surface area contributed by atoms with Crippen molar-refractivity contribution in [2.45, 2.75) is 6.54 Å². The van der Waals surface area contributed by atoms with Crippen molar-refractivity contribution >= 4 is 5.69 Å². The molecule has 0 unspecified atom stereocenters. The maximum Gasteiger partial charge on any atom is 0.0344 e. The number of nitrogens with two attached hydrogens (primary N) is 1. The van der Waals surface area contributed by atoms with Crippen molar-refractivity contribution < 1.29 is 0 Å². The molecular formula is C16H22N4. The Balaban J connectivity index is 0.000000178. The van der Waals surface area contributed by atoms with Crippen LogP contribution in [0.3, 0.4) is 0 Å². The normalized spacial score (nSPS) is 15.2. The number of nitrogen functional groups attached to an aromatic ring is 1. The van der Waals surface area contributed by atoms with Gasteiger partial charge in [0.05, 0.1) is 0 Å². The molecule has 4 nitrogen and oxygen atoms in total. The van der Waals surface area contributed by atoms with Crippen molar-refractivity contribution in [1.29, 1.82) is 0 Å². The Labute approximate surface area is 120 Å². The van der Waals surface area contributed by atoms with E-state index in [0.29, 0.717) is 0 Å². The largest absolute Gasteiger partial charge is 0.399 e. The molecule has 0 saturated carbocycles. The first-order chi connectivity index (χ1) is 9.84. The predicted octanol–water partition coefficient (Wildman–Crippen LogP) is 1.76. The first-order valence-electron chi connectivity index (χ1n) is 6.97. The first kappa shape index (κ1) is 14.5. The number of rotatable bonds is 2. The van der Waals surface area contributed by atoms with Crippen LogP contribution in [-0.2, 0) is 6.54 Å². The second kappa shape index (κ2) is 8.30. The Morgan fingerprint density at radius 1 is 1.00 bits per heavy atom. The summed E-state index contributed by atoms with van der Waals surface area (Å²) in [6, 6.07) is 14.2. The molecule has 0 bridgehead atoms. The van der Waals surface area contributed by atoms with E-state index in [4.69, 9.17) is 5.73 Å². The molecule has 1 aromatic heterocycles. The van der Waals surface area contributed by atoms with Gasteiger partial charge < -0.3 is 11.1 Å². The van der Waals surface area contributed by atoms with Gasteiger partial charge >= 0.3 is 0 Å². The van der Waals surface area contributed by atoms with Crippen LogP contribution in [0.1, 0.15) is 5.56 Å². The molecule has 0 atom stereocenters. The number of hydrogen-bond donors (Lipinski definition) is 2. The summed E-state index contributed by atoms with van der Waals surface area (Å²) in [6.07, 6.45) is 3.32. The van der Waals surface area contributed by atoms with E-state index in [1.165, 1.54) is 18.7 Å². The van der Waals surface area contributed by atoms with E-state index >= 15 is 0 Å². The van der Waals surface area contributed by atoms with Crippen molar-refractivity contribution in [3.8, 4) is 0 Å². The molecule has 3 N–H and O–H groups in total. The fourth-order valence-corrected chi connectivity index (χ4v) is 2.07. The van der Waals surface area contributed by atoms with Gasteiger partial charge in [0.15, 0.2) is 0 Å². The van der Waals surface area contributed by atoms with E-state index in [1.807, 2.05) is 0 Å². The number of anilines is 1. The predicted molar refractivity (Wildman–Crippen MR) is 83.2 cm³/mol. The van der Waals surface area contributed by atoms with Crippen LogP contribution in [0, 0.1) is 0 Å². The number of benzene rings is 1. The third kappa shape index (κ3) is 5.38. The van der Waals surface area contributed by atoms with Gasteiger partial charge in [-0.15, -0.1) is 0 Å². The second-order valence-electron chi connectivity index (χ2n) is 4.79. The quantitative estimate of drug-likeness (QED) is 0.873. The maximum absolute atomic E-state index is 5.32. The lowest BCUT2D eigenvalue weighted by Gasteiger charge is -2.27. The van der Waals surface area contributed by atoms with Crippen LogP contribution in [-0.4, -0.2) is 36.1 Å². The minimum absolute atomic E-state index is 0.759. The summed E-state index contributed by atoms with van der Waals surface area (Å²) in [4.78, 5) is 6.26. The number of piperazine rings is 1.